The van der Waals surface area contributed by atoms with E-state index >= 15 is 0 Å². The number of nitrogens with one attached hydrogen (secondary N) is 1. The highest BCUT2D eigenvalue weighted by molar-refractivity contribution is 7.89. The summed E-state index contributed by atoms with van der Waals surface area (Å²) in [5, 5.41) is 0. The van der Waals surface area contributed by atoms with Crippen LogP contribution in [0.3, 0.4) is 0 Å². The number of halogens is 1. The Morgan fingerprint density at radius 3 is 2.31 bits per heavy atom. The van der Waals surface area contributed by atoms with Crippen LogP contribution in [0.2, 0.25) is 0 Å². The minimum Gasteiger partial charge on any atom is -0.309 e. The summed E-state index contributed by atoms with van der Waals surface area (Å²) >= 11 is 5.60. The highest BCUT2D eigenvalue weighted by atomic mass is 35.5. The Labute approximate surface area is 104 Å². The van der Waals surface area contributed by atoms with Crippen LogP contribution in [0.5, 0.6) is 0 Å². The van der Waals surface area contributed by atoms with Gasteiger partial charge in [0.25, 0.3) is 0 Å². The summed E-state index contributed by atoms with van der Waals surface area (Å²) in [5.41, 5.74) is 0. The van der Waals surface area contributed by atoms with Crippen molar-refractivity contribution in [3.63, 3.8) is 0 Å². The first-order chi connectivity index (χ1) is 7.26. The van der Waals surface area contributed by atoms with Crippen LogP contribution in [-0.2, 0) is 10.0 Å². The van der Waals surface area contributed by atoms with Gasteiger partial charge < -0.3 is 4.90 Å². The second kappa shape index (κ2) is 7.48. The summed E-state index contributed by atoms with van der Waals surface area (Å²) in [7, 11) is 0.745. The number of sulfonamides is 1. The van der Waals surface area contributed by atoms with E-state index in [0.29, 0.717) is 5.88 Å². The summed E-state index contributed by atoms with van der Waals surface area (Å²) in [4.78, 5) is 2.03. The molecule has 1 N–H and O–H groups in total. The van der Waals surface area contributed by atoms with Crippen LogP contribution in [0.4, 0.5) is 0 Å². The summed E-state index contributed by atoms with van der Waals surface area (Å²) in [6.45, 7) is 4.58. The van der Waals surface area contributed by atoms with Gasteiger partial charge in [-0.25, -0.2) is 13.1 Å². The molecule has 2 unspecified atom stereocenters. The second-order valence-corrected chi connectivity index (χ2v) is 6.76. The lowest BCUT2D eigenvalue weighted by molar-refractivity contribution is 0.378. The van der Waals surface area contributed by atoms with E-state index in [4.69, 9.17) is 11.6 Å². The van der Waals surface area contributed by atoms with Crippen molar-refractivity contribution < 1.29 is 8.42 Å². The maximum atomic E-state index is 11.7. The predicted molar refractivity (Wildman–Crippen MR) is 69.4 cm³/mol. The van der Waals surface area contributed by atoms with E-state index in [1.54, 1.807) is 0 Å². The van der Waals surface area contributed by atoms with Crippen molar-refractivity contribution >= 4 is 21.6 Å². The third kappa shape index (κ3) is 8.33. The monoisotopic (exact) mass is 270 g/mol. The van der Waals surface area contributed by atoms with E-state index in [2.05, 4.69) is 4.72 Å². The first-order valence-electron chi connectivity index (χ1n) is 5.47. The summed E-state index contributed by atoms with van der Waals surface area (Å²) in [5.74, 6) is 0.454. The van der Waals surface area contributed by atoms with Crippen molar-refractivity contribution in [3.05, 3.63) is 0 Å². The van der Waals surface area contributed by atoms with Gasteiger partial charge in [0.15, 0.2) is 0 Å². The van der Waals surface area contributed by atoms with Gasteiger partial charge in [-0.1, -0.05) is 6.92 Å². The summed E-state index contributed by atoms with van der Waals surface area (Å²) in [6.07, 6.45) is 0.807. The van der Waals surface area contributed by atoms with Gasteiger partial charge in [-0.2, -0.15) is 0 Å². The molecule has 0 spiro atoms. The topological polar surface area (TPSA) is 49.4 Å². The second-order valence-electron chi connectivity index (χ2n) is 4.65. The quantitative estimate of drug-likeness (QED) is 0.673. The Bertz CT molecular complexity index is 281. The molecule has 6 heteroatoms. The molecule has 0 fully saturated rings. The van der Waals surface area contributed by atoms with Crippen molar-refractivity contribution in [3.8, 4) is 0 Å². The van der Waals surface area contributed by atoms with E-state index in [9.17, 15) is 8.42 Å². The molecule has 0 bridgehead atoms. The summed E-state index contributed by atoms with van der Waals surface area (Å²) in [6, 6.07) is -0.0325. The Hall–Kier alpha value is 0.160. The lowest BCUT2D eigenvalue weighted by Gasteiger charge is -2.17. The average Bonchev–Trinajstić information content (AvgIpc) is 2.13. The molecular formula is C10H23ClN2O2S. The fourth-order valence-electron chi connectivity index (χ4n) is 1.28. The van der Waals surface area contributed by atoms with Crippen LogP contribution >= 0.6 is 11.6 Å². The van der Waals surface area contributed by atoms with E-state index in [1.165, 1.54) is 0 Å². The predicted octanol–water partition coefficient (Wildman–Crippen LogP) is 1.12. The lowest BCUT2D eigenvalue weighted by atomic mass is 10.2. The first kappa shape index (κ1) is 16.2. The van der Waals surface area contributed by atoms with E-state index in [1.807, 2.05) is 32.8 Å². The molecule has 16 heavy (non-hydrogen) atoms. The smallest absolute Gasteiger partial charge is 0.212 e. The molecule has 0 radical (unpaired) electrons. The molecule has 4 nitrogen and oxygen atoms in total. The molecule has 0 aliphatic rings. The lowest BCUT2D eigenvalue weighted by Crippen LogP contribution is -2.37. The Morgan fingerprint density at radius 1 is 1.31 bits per heavy atom. The number of alkyl halides is 1. The van der Waals surface area contributed by atoms with Gasteiger partial charge in [0.05, 0.1) is 5.75 Å². The van der Waals surface area contributed by atoms with Crippen LogP contribution in [0, 0.1) is 5.92 Å². The number of hydrogen-bond donors (Lipinski definition) is 1. The standard InChI is InChI=1S/C10H23ClN2O2S/c1-9(7-11)8-16(14,15)12-10(2)5-6-13(3)4/h9-10,12H,5-8H2,1-4H3. The molecule has 2 atom stereocenters. The number of nitrogens with zero attached hydrogens (tertiary/aromatic N) is 1. The van der Waals surface area contributed by atoms with E-state index < -0.39 is 10.0 Å². The minimum absolute atomic E-state index is 0.0137. The fourth-order valence-corrected chi connectivity index (χ4v) is 3.22. The molecule has 0 saturated carbocycles. The molecule has 0 aromatic rings. The zero-order valence-corrected chi connectivity index (χ0v) is 12.1. The average molecular weight is 271 g/mol. The first-order valence-corrected chi connectivity index (χ1v) is 7.66. The maximum absolute atomic E-state index is 11.7. The highest BCUT2D eigenvalue weighted by Gasteiger charge is 2.17. The molecule has 0 aliphatic carbocycles. The molecule has 0 rings (SSSR count). The Kier molecular flexibility index (Phi) is 7.55. The van der Waals surface area contributed by atoms with Crippen molar-refractivity contribution in [1.82, 2.24) is 9.62 Å². The third-order valence-corrected chi connectivity index (χ3v) is 4.45. The fraction of sp³-hybridized carbons (Fsp3) is 1.00. The SMILES string of the molecule is CC(CCl)CS(=O)(=O)NC(C)CCN(C)C. The van der Waals surface area contributed by atoms with Crippen LogP contribution in [0.15, 0.2) is 0 Å². The van der Waals surface area contributed by atoms with Gasteiger partial charge >= 0.3 is 0 Å². The van der Waals surface area contributed by atoms with E-state index in [0.717, 1.165) is 13.0 Å². The van der Waals surface area contributed by atoms with Crippen LogP contribution in [0.25, 0.3) is 0 Å². The van der Waals surface area contributed by atoms with Gasteiger partial charge in [0, 0.05) is 11.9 Å². The zero-order chi connectivity index (χ0) is 12.8. The van der Waals surface area contributed by atoms with Crippen molar-refractivity contribution in [1.29, 1.82) is 0 Å². The molecule has 0 aromatic heterocycles. The van der Waals surface area contributed by atoms with Crippen molar-refractivity contribution in [2.75, 3.05) is 32.3 Å². The van der Waals surface area contributed by atoms with E-state index in [-0.39, 0.29) is 17.7 Å². The molecule has 0 aromatic carbocycles. The highest BCUT2D eigenvalue weighted by Crippen LogP contribution is 2.04. The van der Waals surface area contributed by atoms with Gasteiger partial charge in [-0.15, -0.1) is 11.6 Å². The minimum atomic E-state index is -3.19. The largest absolute Gasteiger partial charge is 0.309 e. The van der Waals surface area contributed by atoms with Gasteiger partial charge in [-0.05, 0) is 39.9 Å². The number of hydrogen-bond acceptors (Lipinski definition) is 3. The van der Waals surface area contributed by atoms with Gasteiger partial charge in [0.2, 0.25) is 10.0 Å². The van der Waals surface area contributed by atoms with Crippen LogP contribution in [-0.4, -0.2) is 51.6 Å². The van der Waals surface area contributed by atoms with Crippen LogP contribution in [0.1, 0.15) is 20.3 Å². The van der Waals surface area contributed by atoms with Crippen LogP contribution < -0.4 is 4.72 Å². The molecule has 0 aliphatic heterocycles. The molecular weight excluding hydrogens is 248 g/mol. The van der Waals surface area contributed by atoms with Crippen molar-refractivity contribution in [2.45, 2.75) is 26.3 Å². The maximum Gasteiger partial charge on any atom is 0.212 e. The molecule has 0 saturated heterocycles. The molecule has 0 amide bonds. The normalized spacial score (nSPS) is 16.4. The number of rotatable bonds is 8. The Morgan fingerprint density at radius 2 is 1.88 bits per heavy atom. The molecule has 0 heterocycles. The van der Waals surface area contributed by atoms with Crippen molar-refractivity contribution in [2.24, 2.45) is 5.92 Å². The Balaban J connectivity index is 4.05. The van der Waals surface area contributed by atoms with Gasteiger partial charge in [-0.3, -0.25) is 0 Å². The summed E-state index contributed by atoms with van der Waals surface area (Å²) < 4.78 is 26.0. The third-order valence-electron chi connectivity index (χ3n) is 2.16. The molecule has 98 valence electrons. The van der Waals surface area contributed by atoms with Gasteiger partial charge in [0.1, 0.15) is 0 Å². The zero-order valence-electron chi connectivity index (χ0n) is 10.5.